The van der Waals surface area contributed by atoms with Gasteiger partial charge in [0.15, 0.2) is 5.17 Å². The molecule has 0 bridgehead atoms. The van der Waals surface area contributed by atoms with Crippen LogP contribution in [0.2, 0.25) is 0 Å². The molecular formula is C17H18N2S3. The van der Waals surface area contributed by atoms with E-state index in [1.165, 1.54) is 42.0 Å². The van der Waals surface area contributed by atoms with Gasteiger partial charge in [0.25, 0.3) is 0 Å². The summed E-state index contributed by atoms with van der Waals surface area (Å²) >= 11 is 5.64. The van der Waals surface area contributed by atoms with E-state index >= 15 is 0 Å². The number of benzene rings is 1. The summed E-state index contributed by atoms with van der Waals surface area (Å²) in [6.07, 6.45) is 4.50. The Labute approximate surface area is 143 Å². The number of hydrogen-bond acceptors (Lipinski definition) is 5. The highest BCUT2D eigenvalue weighted by Crippen LogP contribution is 2.47. The van der Waals surface area contributed by atoms with Gasteiger partial charge in [0, 0.05) is 26.4 Å². The van der Waals surface area contributed by atoms with Crippen LogP contribution in [0.5, 0.6) is 0 Å². The third-order valence-electron chi connectivity index (χ3n) is 4.00. The van der Waals surface area contributed by atoms with Crippen LogP contribution in [-0.4, -0.2) is 29.4 Å². The fourth-order valence-electron chi connectivity index (χ4n) is 3.03. The van der Waals surface area contributed by atoms with Crippen molar-refractivity contribution in [2.75, 3.05) is 19.3 Å². The second-order valence-electron chi connectivity index (χ2n) is 5.42. The van der Waals surface area contributed by atoms with Crippen LogP contribution in [0.15, 0.2) is 39.1 Å². The van der Waals surface area contributed by atoms with Crippen LogP contribution >= 0.6 is 34.9 Å². The van der Waals surface area contributed by atoms with E-state index in [9.17, 15) is 0 Å². The molecular weight excluding hydrogens is 328 g/mol. The van der Waals surface area contributed by atoms with E-state index in [4.69, 9.17) is 0 Å². The lowest BCUT2D eigenvalue weighted by Crippen LogP contribution is -2.19. The van der Waals surface area contributed by atoms with E-state index in [2.05, 4.69) is 47.3 Å². The van der Waals surface area contributed by atoms with Gasteiger partial charge in [-0.3, -0.25) is 4.99 Å². The van der Waals surface area contributed by atoms with E-state index in [0.29, 0.717) is 0 Å². The quantitative estimate of drug-likeness (QED) is 0.679. The Morgan fingerprint density at radius 1 is 1.36 bits per heavy atom. The Bertz CT molecular complexity index is 788. The molecule has 0 atom stereocenters. The molecule has 0 saturated carbocycles. The summed E-state index contributed by atoms with van der Waals surface area (Å²) < 4.78 is 1.39. The van der Waals surface area contributed by atoms with Crippen molar-refractivity contribution in [1.29, 1.82) is 0 Å². The number of thioether (sulfide) groups is 2. The van der Waals surface area contributed by atoms with Crippen molar-refractivity contribution in [1.82, 2.24) is 4.90 Å². The standard InChI is InChI=1S/C17H18N2S3/c1-3-5-14-16(19-9-8-18-17(19)22-14)15-10-11-12(20-2)6-4-7-13(11)21-15/h4,6-7,10H,3,5,8-9H2,1-2H3. The van der Waals surface area contributed by atoms with Crippen LogP contribution in [0.25, 0.3) is 15.8 Å². The number of hydrogen-bond donors (Lipinski definition) is 0. The highest BCUT2D eigenvalue weighted by molar-refractivity contribution is 8.17. The molecule has 0 unspecified atom stereocenters. The minimum absolute atomic E-state index is 0.937. The van der Waals surface area contributed by atoms with E-state index in [1.807, 2.05) is 34.9 Å². The zero-order chi connectivity index (χ0) is 15.1. The summed E-state index contributed by atoms with van der Waals surface area (Å²) in [6, 6.07) is 9.02. The van der Waals surface area contributed by atoms with Crippen molar-refractivity contribution in [3.63, 3.8) is 0 Å². The second-order valence-corrected chi connectivity index (χ2v) is 8.42. The first-order valence-corrected chi connectivity index (χ1v) is 10.5. The average molecular weight is 347 g/mol. The summed E-state index contributed by atoms with van der Waals surface area (Å²) in [5, 5.41) is 2.61. The third kappa shape index (κ3) is 2.30. The van der Waals surface area contributed by atoms with Crippen LogP contribution in [-0.2, 0) is 0 Å². The summed E-state index contributed by atoms with van der Waals surface area (Å²) in [7, 11) is 0. The minimum atomic E-state index is 0.937. The van der Waals surface area contributed by atoms with Gasteiger partial charge in [-0.1, -0.05) is 31.2 Å². The molecule has 22 heavy (non-hydrogen) atoms. The molecule has 5 heteroatoms. The maximum Gasteiger partial charge on any atom is 0.168 e. The average Bonchev–Trinajstić information content (AvgIpc) is 3.19. The largest absolute Gasteiger partial charge is 0.317 e. The highest BCUT2D eigenvalue weighted by atomic mass is 32.2. The third-order valence-corrected chi connectivity index (χ3v) is 7.08. The maximum atomic E-state index is 4.66. The summed E-state index contributed by atoms with van der Waals surface area (Å²) in [4.78, 5) is 11.4. The molecule has 1 aromatic heterocycles. The van der Waals surface area contributed by atoms with E-state index < -0.39 is 0 Å². The van der Waals surface area contributed by atoms with Gasteiger partial charge in [-0.15, -0.1) is 23.1 Å². The van der Waals surface area contributed by atoms with Gasteiger partial charge < -0.3 is 4.90 Å². The monoisotopic (exact) mass is 346 g/mol. The molecule has 2 aliphatic rings. The lowest BCUT2D eigenvalue weighted by atomic mass is 10.2. The van der Waals surface area contributed by atoms with Crippen molar-refractivity contribution in [2.24, 2.45) is 4.99 Å². The maximum absolute atomic E-state index is 4.66. The minimum Gasteiger partial charge on any atom is -0.317 e. The summed E-state index contributed by atoms with van der Waals surface area (Å²) in [5.41, 5.74) is 1.43. The molecule has 3 heterocycles. The van der Waals surface area contributed by atoms with Crippen molar-refractivity contribution in [2.45, 2.75) is 24.7 Å². The van der Waals surface area contributed by atoms with Crippen molar-refractivity contribution < 1.29 is 0 Å². The molecule has 4 rings (SSSR count). The molecule has 0 saturated heterocycles. The Balaban J connectivity index is 1.85. The van der Waals surface area contributed by atoms with Crippen LogP contribution in [0, 0.1) is 0 Å². The smallest absolute Gasteiger partial charge is 0.168 e. The van der Waals surface area contributed by atoms with Crippen molar-refractivity contribution >= 4 is 55.8 Å². The Kier molecular flexibility index (Phi) is 3.96. The van der Waals surface area contributed by atoms with Gasteiger partial charge in [0.05, 0.1) is 17.1 Å². The number of nitrogens with zero attached hydrogens (tertiary/aromatic N) is 2. The lowest BCUT2D eigenvalue weighted by molar-refractivity contribution is 0.647. The van der Waals surface area contributed by atoms with Gasteiger partial charge >= 0.3 is 0 Å². The Morgan fingerprint density at radius 2 is 2.27 bits per heavy atom. The van der Waals surface area contributed by atoms with Crippen molar-refractivity contribution in [3.05, 3.63) is 34.0 Å². The first kappa shape index (κ1) is 14.7. The normalized spacial score (nSPS) is 17.5. The van der Waals surface area contributed by atoms with Gasteiger partial charge in [-0.25, -0.2) is 0 Å². The predicted molar refractivity (Wildman–Crippen MR) is 102 cm³/mol. The van der Waals surface area contributed by atoms with Crippen molar-refractivity contribution in [3.8, 4) is 0 Å². The number of rotatable bonds is 4. The van der Waals surface area contributed by atoms with E-state index in [-0.39, 0.29) is 0 Å². The fraction of sp³-hybridized carbons (Fsp3) is 0.353. The van der Waals surface area contributed by atoms with Crippen LogP contribution in [0.1, 0.15) is 24.6 Å². The summed E-state index contributed by atoms with van der Waals surface area (Å²) in [5.74, 6) is 0. The zero-order valence-electron chi connectivity index (χ0n) is 12.8. The molecule has 1 aromatic carbocycles. The molecule has 2 aromatic rings. The first-order chi connectivity index (χ1) is 10.8. The second kappa shape index (κ2) is 5.95. The van der Waals surface area contributed by atoms with Gasteiger partial charge in [-0.2, -0.15) is 0 Å². The van der Waals surface area contributed by atoms with Crippen LogP contribution < -0.4 is 0 Å². The molecule has 0 radical (unpaired) electrons. The number of thiophene rings is 1. The molecule has 114 valence electrons. The molecule has 2 nitrogen and oxygen atoms in total. The molecule has 2 aliphatic heterocycles. The number of allylic oxidation sites excluding steroid dienone is 1. The number of aliphatic imine (C=N–C) groups is 1. The predicted octanol–water partition coefficient (Wildman–Crippen LogP) is 5.51. The molecule has 0 aliphatic carbocycles. The Morgan fingerprint density at radius 3 is 3.09 bits per heavy atom. The topological polar surface area (TPSA) is 15.6 Å². The molecule has 0 amide bonds. The first-order valence-electron chi connectivity index (χ1n) is 7.61. The lowest BCUT2D eigenvalue weighted by Gasteiger charge is -2.15. The molecule has 0 fully saturated rings. The van der Waals surface area contributed by atoms with Gasteiger partial charge in [0.1, 0.15) is 0 Å². The van der Waals surface area contributed by atoms with E-state index in [1.54, 1.807) is 0 Å². The van der Waals surface area contributed by atoms with Crippen LogP contribution in [0.3, 0.4) is 0 Å². The van der Waals surface area contributed by atoms with E-state index in [0.717, 1.165) is 19.5 Å². The molecule has 0 N–H and O–H groups in total. The number of amidine groups is 1. The van der Waals surface area contributed by atoms with Crippen LogP contribution in [0.4, 0.5) is 0 Å². The summed E-state index contributed by atoms with van der Waals surface area (Å²) in [6.45, 7) is 4.23. The SMILES string of the molecule is CCCC1=C(c2cc3c(SC)cccc3s2)N2CCN=C2S1. The molecule has 0 spiro atoms. The fourth-order valence-corrected chi connectivity index (χ4v) is 6.22. The zero-order valence-corrected chi connectivity index (χ0v) is 15.2. The highest BCUT2D eigenvalue weighted by Gasteiger charge is 2.33. The Hall–Kier alpha value is -0.910. The van der Waals surface area contributed by atoms with Gasteiger partial charge in [-0.05, 0) is 30.9 Å². The van der Waals surface area contributed by atoms with Gasteiger partial charge in [0.2, 0.25) is 0 Å². The number of fused-ring (bicyclic) bond motifs is 2.